The number of carbonyl (C=O) groups excluding carboxylic acids is 1. The molecule has 2 N–H and O–H groups in total. The monoisotopic (exact) mass is 270 g/mol. The molecule has 1 amide bonds. The van der Waals surface area contributed by atoms with Crippen LogP contribution in [-0.4, -0.2) is 30.4 Å². The number of hydrogen-bond acceptors (Lipinski definition) is 2. The van der Waals surface area contributed by atoms with Gasteiger partial charge in [0.05, 0.1) is 0 Å². The zero-order valence-electron chi connectivity index (χ0n) is 8.90. The van der Waals surface area contributed by atoms with Gasteiger partial charge in [0.2, 0.25) is 0 Å². The number of nitrogens with zero attached hydrogens (tertiary/aromatic N) is 1. The molecule has 0 unspecified atom stereocenters. The zero-order valence-corrected chi connectivity index (χ0v) is 10.5. The fourth-order valence-electron chi connectivity index (χ4n) is 1.15. The van der Waals surface area contributed by atoms with Gasteiger partial charge >= 0.3 is 0 Å². The van der Waals surface area contributed by atoms with Crippen LogP contribution < -0.4 is 5.73 Å². The highest BCUT2D eigenvalue weighted by atomic mass is 79.9. The zero-order chi connectivity index (χ0) is 11.4. The van der Waals surface area contributed by atoms with Gasteiger partial charge in [-0.1, -0.05) is 15.9 Å². The number of benzene rings is 1. The lowest BCUT2D eigenvalue weighted by Crippen LogP contribution is -2.39. The van der Waals surface area contributed by atoms with Crippen molar-refractivity contribution in [3.8, 4) is 0 Å². The second-order valence-corrected chi connectivity index (χ2v) is 4.42. The van der Waals surface area contributed by atoms with Crippen LogP contribution >= 0.6 is 15.9 Å². The third-order valence-electron chi connectivity index (χ3n) is 2.41. The van der Waals surface area contributed by atoms with Gasteiger partial charge in [-0.2, -0.15) is 0 Å². The normalized spacial score (nSPS) is 12.3. The minimum Gasteiger partial charge on any atom is -0.338 e. The van der Waals surface area contributed by atoms with Crippen molar-refractivity contribution in [2.45, 2.75) is 13.0 Å². The van der Waals surface area contributed by atoms with E-state index in [1.165, 1.54) is 0 Å². The predicted octanol–water partition coefficient (Wildman–Crippen LogP) is 1.87. The molecule has 1 atom stereocenters. The summed E-state index contributed by atoms with van der Waals surface area (Å²) in [6.07, 6.45) is 0. The third-order valence-corrected chi connectivity index (χ3v) is 2.94. The predicted molar refractivity (Wildman–Crippen MR) is 64.8 cm³/mol. The second kappa shape index (κ2) is 5.28. The van der Waals surface area contributed by atoms with E-state index in [9.17, 15) is 4.79 Å². The van der Waals surface area contributed by atoms with Crippen LogP contribution in [0.4, 0.5) is 0 Å². The molecule has 0 heterocycles. The highest BCUT2D eigenvalue weighted by Crippen LogP contribution is 2.12. The summed E-state index contributed by atoms with van der Waals surface area (Å²) in [6.45, 7) is 2.40. The van der Waals surface area contributed by atoms with E-state index in [1.54, 1.807) is 24.1 Å². The Kier molecular flexibility index (Phi) is 4.29. The summed E-state index contributed by atoms with van der Waals surface area (Å²) in [5, 5.41) is 0. The smallest absolute Gasteiger partial charge is 0.253 e. The van der Waals surface area contributed by atoms with E-state index in [2.05, 4.69) is 15.9 Å². The second-order valence-electron chi connectivity index (χ2n) is 3.51. The SMILES string of the molecule is C[C@H](CN)N(C)C(=O)c1ccc(Br)cc1. The summed E-state index contributed by atoms with van der Waals surface area (Å²) in [5.41, 5.74) is 6.19. The Labute approximate surface area is 98.4 Å². The van der Waals surface area contributed by atoms with Gasteiger partial charge in [-0.25, -0.2) is 0 Å². The van der Waals surface area contributed by atoms with E-state index in [0.29, 0.717) is 12.1 Å². The van der Waals surface area contributed by atoms with Crippen molar-refractivity contribution in [3.05, 3.63) is 34.3 Å². The van der Waals surface area contributed by atoms with Gasteiger partial charge in [0.15, 0.2) is 0 Å². The van der Waals surface area contributed by atoms with Crippen molar-refractivity contribution in [2.75, 3.05) is 13.6 Å². The molecule has 3 nitrogen and oxygen atoms in total. The molecule has 0 radical (unpaired) electrons. The first-order valence-corrected chi connectivity index (χ1v) is 5.58. The first-order valence-electron chi connectivity index (χ1n) is 4.79. The molecular formula is C11H15BrN2O. The minimum absolute atomic E-state index is 0.000417. The molecule has 0 spiro atoms. The molecule has 15 heavy (non-hydrogen) atoms. The Morgan fingerprint density at radius 2 is 2.00 bits per heavy atom. The lowest BCUT2D eigenvalue weighted by molar-refractivity contribution is 0.0748. The summed E-state index contributed by atoms with van der Waals surface area (Å²) in [7, 11) is 1.77. The Morgan fingerprint density at radius 3 is 2.47 bits per heavy atom. The van der Waals surface area contributed by atoms with Gasteiger partial charge in [-0.05, 0) is 31.2 Å². The number of amides is 1. The molecule has 0 saturated heterocycles. The van der Waals surface area contributed by atoms with Crippen LogP contribution in [0.3, 0.4) is 0 Å². The molecule has 1 aromatic rings. The van der Waals surface area contributed by atoms with Crippen LogP contribution in [0.25, 0.3) is 0 Å². The maximum absolute atomic E-state index is 11.9. The Morgan fingerprint density at radius 1 is 1.47 bits per heavy atom. The lowest BCUT2D eigenvalue weighted by Gasteiger charge is -2.23. The summed E-state index contributed by atoms with van der Waals surface area (Å²) in [5.74, 6) is 0.000417. The number of nitrogens with two attached hydrogens (primary N) is 1. The molecule has 4 heteroatoms. The molecule has 0 bridgehead atoms. The first kappa shape index (κ1) is 12.2. The maximum Gasteiger partial charge on any atom is 0.253 e. The number of carbonyl (C=O) groups is 1. The van der Waals surface area contributed by atoms with E-state index in [4.69, 9.17) is 5.73 Å². The Balaban J connectivity index is 2.80. The van der Waals surface area contributed by atoms with Crippen LogP contribution in [0.5, 0.6) is 0 Å². The van der Waals surface area contributed by atoms with Crippen LogP contribution in [0.1, 0.15) is 17.3 Å². The highest BCUT2D eigenvalue weighted by molar-refractivity contribution is 9.10. The van der Waals surface area contributed by atoms with E-state index < -0.39 is 0 Å². The molecule has 82 valence electrons. The van der Waals surface area contributed by atoms with E-state index >= 15 is 0 Å². The van der Waals surface area contributed by atoms with Gasteiger partial charge in [-0.15, -0.1) is 0 Å². The fourth-order valence-corrected chi connectivity index (χ4v) is 1.42. The summed E-state index contributed by atoms with van der Waals surface area (Å²) < 4.78 is 0.966. The largest absolute Gasteiger partial charge is 0.338 e. The third kappa shape index (κ3) is 3.04. The molecule has 0 aliphatic rings. The van der Waals surface area contributed by atoms with Crippen molar-refractivity contribution >= 4 is 21.8 Å². The van der Waals surface area contributed by atoms with Gasteiger partial charge in [-0.3, -0.25) is 4.79 Å². The van der Waals surface area contributed by atoms with Gasteiger partial charge < -0.3 is 10.6 Å². The molecule has 0 aliphatic carbocycles. The quantitative estimate of drug-likeness (QED) is 0.912. The maximum atomic E-state index is 11.9. The number of halogens is 1. The Hall–Kier alpha value is -0.870. The summed E-state index contributed by atoms with van der Waals surface area (Å²) in [4.78, 5) is 13.6. The topological polar surface area (TPSA) is 46.3 Å². The van der Waals surface area contributed by atoms with Crippen molar-refractivity contribution in [3.63, 3.8) is 0 Å². The molecule has 1 rings (SSSR count). The van der Waals surface area contributed by atoms with E-state index in [-0.39, 0.29) is 11.9 Å². The van der Waals surface area contributed by atoms with E-state index in [1.807, 2.05) is 19.1 Å². The van der Waals surface area contributed by atoms with Gasteiger partial charge in [0.1, 0.15) is 0 Å². The molecule has 0 saturated carbocycles. The van der Waals surface area contributed by atoms with Crippen LogP contribution in [0, 0.1) is 0 Å². The lowest BCUT2D eigenvalue weighted by atomic mass is 10.2. The molecule has 0 aliphatic heterocycles. The van der Waals surface area contributed by atoms with Crippen molar-refractivity contribution in [2.24, 2.45) is 5.73 Å². The number of hydrogen-bond donors (Lipinski definition) is 1. The molecule has 1 aromatic carbocycles. The van der Waals surface area contributed by atoms with Gasteiger partial charge in [0.25, 0.3) is 5.91 Å². The average molecular weight is 271 g/mol. The van der Waals surface area contributed by atoms with Crippen LogP contribution in [0.2, 0.25) is 0 Å². The highest BCUT2D eigenvalue weighted by Gasteiger charge is 2.15. The van der Waals surface area contributed by atoms with Crippen molar-refractivity contribution in [1.29, 1.82) is 0 Å². The van der Waals surface area contributed by atoms with Crippen molar-refractivity contribution < 1.29 is 4.79 Å². The van der Waals surface area contributed by atoms with E-state index in [0.717, 1.165) is 4.47 Å². The van der Waals surface area contributed by atoms with Crippen LogP contribution in [0.15, 0.2) is 28.7 Å². The van der Waals surface area contributed by atoms with Crippen molar-refractivity contribution in [1.82, 2.24) is 4.90 Å². The first-order chi connectivity index (χ1) is 7.06. The molecular weight excluding hydrogens is 256 g/mol. The fraction of sp³-hybridized carbons (Fsp3) is 0.364. The number of likely N-dealkylation sites (N-methyl/N-ethyl adjacent to an activating group) is 1. The van der Waals surface area contributed by atoms with Crippen LogP contribution in [-0.2, 0) is 0 Å². The Bertz CT molecular complexity index is 337. The molecule has 0 aromatic heterocycles. The molecule has 0 fully saturated rings. The minimum atomic E-state index is 0.000417. The standard InChI is InChI=1S/C11H15BrN2O/c1-8(7-13)14(2)11(15)9-3-5-10(12)6-4-9/h3-6,8H,7,13H2,1-2H3/t8-/m1/s1. The van der Waals surface area contributed by atoms with Gasteiger partial charge in [0, 0.05) is 29.7 Å². The number of rotatable bonds is 3. The summed E-state index contributed by atoms with van der Waals surface area (Å²) >= 11 is 3.33. The summed E-state index contributed by atoms with van der Waals surface area (Å²) in [6, 6.07) is 7.36. The average Bonchev–Trinajstić information content (AvgIpc) is 2.27.